The second kappa shape index (κ2) is 5.40. The molecule has 0 saturated heterocycles. The number of fused-ring (bicyclic) bond motifs is 1. The summed E-state index contributed by atoms with van der Waals surface area (Å²) in [6, 6.07) is 7.46. The number of para-hydroxylation sites is 1. The van der Waals surface area contributed by atoms with Crippen molar-refractivity contribution in [3.05, 3.63) is 46.8 Å². The van der Waals surface area contributed by atoms with Crippen LogP contribution in [0, 0.1) is 0 Å². The van der Waals surface area contributed by atoms with Crippen molar-refractivity contribution in [1.29, 1.82) is 0 Å². The molecule has 0 unspecified atom stereocenters. The Labute approximate surface area is 111 Å². The Morgan fingerprint density at radius 3 is 2.83 bits per heavy atom. The van der Waals surface area contributed by atoms with Crippen LogP contribution in [-0.2, 0) is 6.54 Å². The first-order valence-corrected chi connectivity index (χ1v) is 6.88. The molecule has 0 aliphatic heterocycles. The number of allylic oxidation sites excluding steroid dienone is 1. The first-order chi connectivity index (χ1) is 8.63. The number of nitrogens with zero attached hydrogens (tertiary/aromatic N) is 2. The van der Waals surface area contributed by atoms with Crippen LogP contribution in [-0.4, -0.2) is 15.3 Å². The van der Waals surface area contributed by atoms with E-state index in [0.717, 1.165) is 22.0 Å². The summed E-state index contributed by atoms with van der Waals surface area (Å²) in [6.07, 6.45) is 0. The smallest absolute Gasteiger partial charge is 0.262 e. The van der Waals surface area contributed by atoms with E-state index in [2.05, 4.69) is 18.5 Å². The Bertz CT molecular complexity index is 646. The molecule has 0 N–H and O–H groups in total. The lowest BCUT2D eigenvalue weighted by molar-refractivity contribution is 0.651. The third-order valence-corrected chi connectivity index (χ3v) is 3.39. The molecular weight excluding hydrogens is 244 g/mol. The topological polar surface area (TPSA) is 34.9 Å². The van der Waals surface area contributed by atoms with E-state index in [9.17, 15) is 4.79 Å². The number of benzene rings is 1. The highest BCUT2D eigenvalue weighted by molar-refractivity contribution is 7.99. The monoisotopic (exact) mass is 260 g/mol. The van der Waals surface area contributed by atoms with Crippen LogP contribution in [0.4, 0.5) is 0 Å². The normalized spacial score (nSPS) is 10.8. The van der Waals surface area contributed by atoms with E-state index in [0.29, 0.717) is 11.9 Å². The molecule has 2 rings (SSSR count). The number of hydrogen-bond donors (Lipinski definition) is 0. The van der Waals surface area contributed by atoms with E-state index < -0.39 is 0 Å². The van der Waals surface area contributed by atoms with Crippen molar-refractivity contribution < 1.29 is 0 Å². The van der Waals surface area contributed by atoms with Gasteiger partial charge in [0.2, 0.25) is 0 Å². The van der Waals surface area contributed by atoms with E-state index in [1.54, 1.807) is 16.3 Å². The van der Waals surface area contributed by atoms with Gasteiger partial charge >= 0.3 is 0 Å². The molecule has 0 fully saturated rings. The van der Waals surface area contributed by atoms with Crippen molar-refractivity contribution in [2.75, 3.05) is 5.75 Å². The Kier molecular flexibility index (Phi) is 3.87. The van der Waals surface area contributed by atoms with Gasteiger partial charge in [-0.05, 0) is 24.8 Å². The van der Waals surface area contributed by atoms with Gasteiger partial charge in [-0.3, -0.25) is 9.36 Å². The van der Waals surface area contributed by atoms with Crippen LogP contribution in [0.25, 0.3) is 10.9 Å². The summed E-state index contributed by atoms with van der Waals surface area (Å²) in [4.78, 5) is 17.0. The second-order valence-electron chi connectivity index (χ2n) is 4.19. The highest BCUT2D eigenvalue weighted by atomic mass is 32.2. The van der Waals surface area contributed by atoms with Gasteiger partial charge in [-0.25, -0.2) is 4.98 Å². The fraction of sp³-hybridized carbons (Fsp3) is 0.286. The molecule has 3 nitrogen and oxygen atoms in total. The van der Waals surface area contributed by atoms with Crippen molar-refractivity contribution in [2.24, 2.45) is 0 Å². The Morgan fingerprint density at radius 2 is 2.17 bits per heavy atom. The van der Waals surface area contributed by atoms with Crippen LogP contribution in [0.1, 0.15) is 13.8 Å². The van der Waals surface area contributed by atoms with Crippen molar-refractivity contribution >= 4 is 22.7 Å². The predicted molar refractivity (Wildman–Crippen MR) is 77.2 cm³/mol. The van der Waals surface area contributed by atoms with Gasteiger partial charge in [0, 0.05) is 6.54 Å². The lowest BCUT2D eigenvalue weighted by Gasteiger charge is -2.12. The van der Waals surface area contributed by atoms with E-state index in [4.69, 9.17) is 0 Å². The Morgan fingerprint density at radius 1 is 1.44 bits per heavy atom. The van der Waals surface area contributed by atoms with Gasteiger partial charge in [-0.2, -0.15) is 0 Å². The average Bonchev–Trinajstić information content (AvgIpc) is 2.34. The molecule has 0 saturated carbocycles. The standard InChI is InChI=1S/C14H16N2OS/c1-4-18-14-15-12-8-6-5-7-11(12)13(17)16(14)9-10(2)3/h5-8H,2,4,9H2,1,3H3. The van der Waals surface area contributed by atoms with E-state index in [1.165, 1.54) is 0 Å². The predicted octanol–water partition coefficient (Wildman–Crippen LogP) is 3.08. The van der Waals surface area contributed by atoms with Crippen molar-refractivity contribution in [3.8, 4) is 0 Å². The van der Waals surface area contributed by atoms with Gasteiger partial charge in [-0.1, -0.05) is 43.0 Å². The third-order valence-electron chi connectivity index (χ3n) is 2.53. The summed E-state index contributed by atoms with van der Waals surface area (Å²) < 4.78 is 1.71. The average molecular weight is 260 g/mol. The fourth-order valence-corrected chi connectivity index (χ4v) is 2.52. The second-order valence-corrected chi connectivity index (χ2v) is 5.42. The molecule has 0 spiro atoms. The van der Waals surface area contributed by atoms with Gasteiger partial charge in [0.25, 0.3) is 5.56 Å². The van der Waals surface area contributed by atoms with Crippen molar-refractivity contribution in [1.82, 2.24) is 9.55 Å². The van der Waals surface area contributed by atoms with Crippen LogP contribution in [0.3, 0.4) is 0 Å². The highest BCUT2D eigenvalue weighted by Crippen LogP contribution is 2.17. The molecule has 1 aromatic carbocycles. The van der Waals surface area contributed by atoms with Gasteiger partial charge < -0.3 is 0 Å². The number of thioether (sulfide) groups is 1. The Hall–Kier alpha value is -1.55. The largest absolute Gasteiger partial charge is 0.283 e. The molecular formula is C14H16N2OS. The maximum Gasteiger partial charge on any atom is 0.262 e. The van der Waals surface area contributed by atoms with Crippen LogP contribution in [0.5, 0.6) is 0 Å². The molecule has 0 aliphatic rings. The van der Waals surface area contributed by atoms with Crippen molar-refractivity contribution in [3.63, 3.8) is 0 Å². The molecule has 0 atom stereocenters. The zero-order valence-electron chi connectivity index (χ0n) is 10.6. The molecule has 0 radical (unpaired) electrons. The lowest BCUT2D eigenvalue weighted by atomic mass is 10.2. The van der Waals surface area contributed by atoms with Gasteiger partial charge in [0.05, 0.1) is 10.9 Å². The first-order valence-electron chi connectivity index (χ1n) is 5.90. The van der Waals surface area contributed by atoms with Crippen LogP contribution >= 0.6 is 11.8 Å². The minimum absolute atomic E-state index is 0.0135. The maximum absolute atomic E-state index is 12.4. The minimum atomic E-state index is 0.0135. The number of rotatable bonds is 4. The van der Waals surface area contributed by atoms with Crippen molar-refractivity contribution in [2.45, 2.75) is 25.5 Å². The van der Waals surface area contributed by atoms with E-state index in [-0.39, 0.29) is 5.56 Å². The fourth-order valence-electron chi connectivity index (χ4n) is 1.80. The summed E-state index contributed by atoms with van der Waals surface area (Å²) in [5.41, 5.74) is 1.73. The van der Waals surface area contributed by atoms with E-state index >= 15 is 0 Å². The summed E-state index contributed by atoms with van der Waals surface area (Å²) in [6.45, 7) is 8.37. The summed E-state index contributed by atoms with van der Waals surface area (Å²) >= 11 is 1.58. The van der Waals surface area contributed by atoms with Crippen LogP contribution in [0.2, 0.25) is 0 Å². The maximum atomic E-state index is 12.4. The molecule has 18 heavy (non-hydrogen) atoms. The summed E-state index contributed by atoms with van der Waals surface area (Å²) in [5, 5.41) is 1.43. The van der Waals surface area contributed by atoms with Gasteiger partial charge in [-0.15, -0.1) is 0 Å². The summed E-state index contributed by atoms with van der Waals surface area (Å²) in [7, 11) is 0. The first kappa shape index (κ1) is 12.9. The number of hydrogen-bond acceptors (Lipinski definition) is 3. The zero-order valence-corrected chi connectivity index (χ0v) is 11.5. The Balaban J connectivity index is 2.71. The molecule has 2 aromatic rings. The third kappa shape index (κ3) is 2.48. The molecule has 0 aliphatic carbocycles. The SMILES string of the molecule is C=C(C)Cn1c(SCC)nc2ccccc2c1=O. The molecule has 0 bridgehead atoms. The van der Waals surface area contributed by atoms with Gasteiger partial charge in [0.15, 0.2) is 5.16 Å². The zero-order chi connectivity index (χ0) is 13.1. The molecule has 1 aromatic heterocycles. The van der Waals surface area contributed by atoms with E-state index in [1.807, 2.05) is 31.2 Å². The summed E-state index contributed by atoms with van der Waals surface area (Å²) in [5.74, 6) is 0.890. The number of aromatic nitrogens is 2. The lowest BCUT2D eigenvalue weighted by Crippen LogP contribution is -2.23. The minimum Gasteiger partial charge on any atom is -0.283 e. The molecule has 0 amide bonds. The van der Waals surface area contributed by atoms with Crippen LogP contribution in [0.15, 0.2) is 46.4 Å². The molecule has 94 valence electrons. The molecule has 1 heterocycles. The quantitative estimate of drug-likeness (QED) is 0.481. The van der Waals surface area contributed by atoms with Gasteiger partial charge in [0.1, 0.15) is 0 Å². The van der Waals surface area contributed by atoms with Crippen LogP contribution < -0.4 is 5.56 Å². The highest BCUT2D eigenvalue weighted by Gasteiger charge is 2.10. The molecule has 4 heteroatoms.